The topological polar surface area (TPSA) is 86.4 Å². The van der Waals surface area contributed by atoms with Gasteiger partial charge in [-0.15, -0.1) is 0 Å². The molecular formula is C19H21N3O4. The number of benzene rings is 1. The van der Waals surface area contributed by atoms with Crippen LogP contribution in [-0.4, -0.2) is 21.6 Å². The smallest absolute Gasteiger partial charge is 0.273 e. The SMILES string of the molecule is CCNC1=C(n2ccccc2=O)c2c(ccc([N+](=O)[O-])c2C)OC1(C)C. The predicted octanol–water partition coefficient (Wildman–Crippen LogP) is 3.06. The van der Waals surface area contributed by atoms with Crippen molar-refractivity contribution in [3.05, 3.63) is 73.8 Å². The van der Waals surface area contributed by atoms with Gasteiger partial charge in [0.25, 0.3) is 11.2 Å². The minimum atomic E-state index is -0.726. The largest absolute Gasteiger partial charge is 0.481 e. The third kappa shape index (κ3) is 2.75. The third-order valence-corrected chi connectivity index (χ3v) is 4.45. The molecule has 1 N–H and O–H groups in total. The van der Waals surface area contributed by atoms with E-state index in [4.69, 9.17) is 4.74 Å². The number of pyridine rings is 1. The van der Waals surface area contributed by atoms with Gasteiger partial charge in [0.05, 0.1) is 21.9 Å². The Labute approximate surface area is 151 Å². The van der Waals surface area contributed by atoms with E-state index in [9.17, 15) is 14.9 Å². The molecule has 1 aromatic carbocycles. The molecule has 0 aliphatic carbocycles. The highest BCUT2D eigenvalue weighted by molar-refractivity contribution is 5.80. The zero-order chi connectivity index (χ0) is 19.1. The average Bonchev–Trinajstić information content (AvgIpc) is 2.56. The molecule has 1 aliphatic heterocycles. The van der Waals surface area contributed by atoms with E-state index in [1.54, 1.807) is 31.3 Å². The highest BCUT2D eigenvalue weighted by Gasteiger charge is 2.38. The Morgan fingerprint density at radius 1 is 1.27 bits per heavy atom. The number of rotatable bonds is 4. The van der Waals surface area contributed by atoms with Gasteiger partial charge in [-0.2, -0.15) is 0 Å². The molecule has 7 nitrogen and oxygen atoms in total. The van der Waals surface area contributed by atoms with E-state index >= 15 is 0 Å². The van der Waals surface area contributed by atoms with Gasteiger partial charge in [0.2, 0.25) is 0 Å². The lowest BCUT2D eigenvalue weighted by Gasteiger charge is -2.38. The van der Waals surface area contributed by atoms with E-state index in [-0.39, 0.29) is 11.2 Å². The molecule has 2 heterocycles. The lowest BCUT2D eigenvalue weighted by molar-refractivity contribution is -0.385. The van der Waals surface area contributed by atoms with Gasteiger partial charge in [0.15, 0.2) is 0 Å². The summed E-state index contributed by atoms with van der Waals surface area (Å²) in [5.74, 6) is 0.519. The predicted molar refractivity (Wildman–Crippen MR) is 99.2 cm³/mol. The first-order chi connectivity index (χ1) is 12.3. The van der Waals surface area contributed by atoms with Gasteiger partial charge < -0.3 is 10.1 Å². The van der Waals surface area contributed by atoms with Crippen LogP contribution in [0.2, 0.25) is 0 Å². The van der Waals surface area contributed by atoms with Gasteiger partial charge in [-0.05, 0) is 39.8 Å². The van der Waals surface area contributed by atoms with E-state index in [0.717, 1.165) is 0 Å². The quantitative estimate of drug-likeness (QED) is 0.673. The van der Waals surface area contributed by atoms with Crippen molar-refractivity contribution >= 4 is 11.4 Å². The van der Waals surface area contributed by atoms with Crippen LogP contribution in [0.3, 0.4) is 0 Å². The molecule has 3 rings (SSSR count). The summed E-state index contributed by atoms with van der Waals surface area (Å²) in [7, 11) is 0. The maximum absolute atomic E-state index is 12.5. The molecule has 0 spiro atoms. The number of ether oxygens (including phenoxy) is 1. The molecule has 136 valence electrons. The van der Waals surface area contributed by atoms with Gasteiger partial charge >= 0.3 is 0 Å². The van der Waals surface area contributed by atoms with Crippen LogP contribution in [0.15, 0.2) is 47.0 Å². The van der Waals surface area contributed by atoms with Crippen LogP contribution in [0.4, 0.5) is 5.69 Å². The number of hydrogen-bond donors (Lipinski definition) is 1. The molecule has 1 aliphatic rings. The van der Waals surface area contributed by atoms with Crippen LogP contribution in [0.5, 0.6) is 5.75 Å². The molecule has 0 amide bonds. The number of hydrogen-bond acceptors (Lipinski definition) is 5. The number of aromatic nitrogens is 1. The summed E-state index contributed by atoms with van der Waals surface area (Å²) < 4.78 is 7.65. The van der Waals surface area contributed by atoms with E-state index in [0.29, 0.717) is 34.8 Å². The van der Waals surface area contributed by atoms with Crippen LogP contribution in [-0.2, 0) is 0 Å². The first-order valence-electron chi connectivity index (χ1n) is 8.42. The van der Waals surface area contributed by atoms with Crippen molar-refractivity contribution in [3.8, 4) is 5.75 Å². The second-order valence-electron chi connectivity index (χ2n) is 6.62. The molecule has 0 saturated carbocycles. The van der Waals surface area contributed by atoms with Gasteiger partial charge in [-0.1, -0.05) is 6.07 Å². The number of nitrogens with one attached hydrogen (secondary N) is 1. The zero-order valence-corrected chi connectivity index (χ0v) is 15.2. The summed E-state index contributed by atoms with van der Waals surface area (Å²) in [4.78, 5) is 23.5. The van der Waals surface area contributed by atoms with Gasteiger partial charge in [0.1, 0.15) is 11.4 Å². The van der Waals surface area contributed by atoms with Gasteiger partial charge in [0, 0.05) is 30.4 Å². The van der Waals surface area contributed by atoms with Crippen molar-refractivity contribution in [2.75, 3.05) is 6.54 Å². The molecule has 0 fully saturated rings. The zero-order valence-electron chi connectivity index (χ0n) is 15.2. The summed E-state index contributed by atoms with van der Waals surface area (Å²) in [5.41, 5.74) is 1.37. The standard InChI is InChI=1S/C19H21N3O4/c1-5-20-18-17(21-11-7-6-8-15(21)23)16-12(2)13(22(24)25)9-10-14(16)26-19(18,3)4/h6-11,20H,5H2,1-4H3. The fourth-order valence-electron chi connectivity index (χ4n) is 3.32. The van der Waals surface area contributed by atoms with Crippen LogP contribution >= 0.6 is 0 Å². The normalized spacial score (nSPS) is 15.2. The molecule has 0 unspecified atom stereocenters. The summed E-state index contributed by atoms with van der Waals surface area (Å²) >= 11 is 0. The van der Waals surface area contributed by atoms with E-state index < -0.39 is 10.5 Å². The molecule has 2 aromatic rings. The van der Waals surface area contributed by atoms with Gasteiger partial charge in [-0.25, -0.2) is 0 Å². The summed E-state index contributed by atoms with van der Waals surface area (Å²) in [6, 6.07) is 7.92. The third-order valence-electron chi connectivity index (χ3n) is 4.45. The number of nitro benzene ring substituents is 1. The second kappa shape index (κ2) is 6.33. The summed E-state index contributed by atoms with van der Waals surface area (Å²) in [6.07, 6.45) is 1.67. The number of fused-ring (bicyclic) bond motifs is 1. The average molecular weight is 355 g/mol. The first kappa shape index (κ1) is 17.7. The number of likely N-dealkylation sites (N-methyl/N-ethyl adjacent to an activating group) is 1. The maximum Gasteiger partial charge on any atom is 0.273 e. The van der Waals surface area contributed by atoms with Crippen molar-refractivity contribution in [1.82, 2.24) is 9.88 Å². The van der Waals surface area contributed by atoms with Gasteiger partial charge in [-0.3, -0.25) is 19.5 Å². The monoisotopic (exact) mass is 355 g/mol. The fraction of sp³-hybridized carbons (Fsp3) is 0.316. The maximum atomic E-state index is 12.5. The first-order valence-corrected chi connectivity index (χ1v) is 8.42. The van der Waals surface area contributed by atoms with Crippen LogP contribution in [0.25, 0.3) is 5.70 Å². The lowest BCUT2D eigenvalue weighted by Crippen LogP contribution is -2.43. The molecule has 7 heteroatoms. The van der Waals surface area contributed by atoms with E-state index in [1.807, 2.05) is 20.8 Å². The summed E-state index contributed by atoms with van der Waals surface area (Å²) in [5, 5.41) is 14.7. The Morgan fingerprint density at radius 3 is 2.62 bits per heavy atom. The Morgan fingerprint density at radius 2 is 2.00 bits per heavy atom. The van der Waals surface area contributed by atoms with E-state index in [2.05, 4.69) is 5.32 Å². The van der Waals surface area contributed by atoms with Crippen LogP contribution in [0.1, 0.15) is 31.9 Å². The lowest BCUT2D eigenvalue weighted by atomic mass is 9.91. The second-order valence-corrected chi connectivity index (χ2v) is 6.62. The van der Waals surface area contributed by atoms with E-state index in [1.165, 1.54) is 16.7 Å². The van der Waals surface area contributed by atoms with Crippen molar-refractivity contribution in [2.45, 2.75) is 33.3 Å². The summed E-state index contributed by atoms with van der Waals surface area (Å²) in [6.45, 7) is 8.05. The van der Waals surface area contributed by atoms with Crippen LogP contribution < -0.4 is 15.6 Å². The van der Waals surface area contributed by atoms with Crippen molar-refractivity contribution in [3.63, 3.8) is 0 Å². The van der Waals surface area contributed by atoms with Crippen molar-refractivity contribution < 1.29 is 9.66 Å². The molecular weight excluding hydrogens is 334 g/mol. The Hall–Kier alpha value is -3.09. The number of nitro groups is 1. The molecule has 0 radical (unpaired) electrons. The molecule has 26 heavy (non-hydrogen) atoms. The minimum absolute atomic E-state index is 0.00983. The fourth-order valence-corrected chi connectivity index (χ4v) is 3.32. The highest BCUT2D eigenvalue weighted by Crippen LogP contribution is 2.43. The highest BCUT2D eigenvalue weighted by atomic mass is 16.6. The Bertz CT molecular complexity index is 973. The molecule has 0 atom stereocenters. The number of nitrogens with zero attached hydrogens (tertiary/aromatic N) is 2. The Kier molecular flexibility index (Phi) is 4.31. The Balaban J connectivity index is 2.45. The van der Waals surface area contributed by atoms with Crippen molar-refractivity contribution in [1.29, 1.82) is 0 Å². The minimum Gasteiger partial charge on any atom is -0.481 e. The molecule has 0 bridgehead atoms. The molecule has 0 saturated heterocycles. The molecule has 1 aromatic heterocycles. The van der Waals surface area contributed by atoms with Crippen LogP contribution in [0, 0.1) is 17.0 Å². The van der Waals surface area contributed by atoms with Crippen molar-refractivity contribution in [2.24, 2.45) is 0 Å².